The molecule has 160 valence electrons. The molecule has 0 spiro atoms. The van der Waals surface area contributed by atoms with E-state index in [1.54, 1.807) is 19.2 Å². The molecule has 2 aromatic carbocycles. The van der Waals surface area contributed by atoms with Gasteiger partial charge in [0.2, 0.25) is 5.91 Å². The summed E-state index contributed by atoms with van der Waals surface area (Å²) in [6.45, 7) is 4.57. The number of nitrogens with one attached hydrogen (secondary N) is 1. The third kappa shape index (κ3) is 5.73. The highest BCUT2D eigenvalue weighted by Gasteiger charge is 2.21. The largest absolute Gasteiger partial charge is 0.497 e. The molecular weight excluding hydrogens is 384 g/mol. The molecule has 30 heavy (non-hydrogen) atoms. The lowest BCUT2D eigenvalue weighted by Crippen LogP contribution is -2.34. The molecule has 1 aliphatic rings. The Bertz CT molecular complexity index is 882. The predicted molar refractivity (Wildman–Crippen MR) is 113 cm³/mol. The zero-order valence-corrected chi connectivity index (χ0v) is 17.6. The number of ether oxygens (including phenoxy) is 3. The molecule has 0 saturated heterocycles. The van der Waals surface area contributed by atoms with E-state index in [0.717, 1.165) is 35.7 Å². The molecule has 1 amide bonds. The van der Waals surface area contributed by atoms with Crippen LogP contribution in [-0.2, 0) is 22.6 Å². The Morgan fingerprint density at radius 1 is 1.17 bits per heavy atom. The minimum atomic E-state index is -0.374. The van der Waals surface area contributed by atoms with Gasteiger partial charge in [-0.05, 0) is 30.7 Å². The summed E-state index contributed by atoms with van der Waals surface area (Å²) in [4.78, 5) is 26.0. The number of amides is 1. The number of carbonyl (C=O) groups excluding carboxylic acids is 2. The van der Waals surface area contributed by atoms with Crippen LogP contribution in [-0.4, -0.2) is 50.2 Å². The van der Waals surface area contributed by atoms with Gasteiger partial charge in [0.1, 0.15) is 17.6 Å². The molecule has 1 heterocycles. The van der Waals surface area contributed by atoms with Crippen LogP contribution in [0, 0.1) is 0 Å². The minimum absolute atomic E-state index is 0.0141. The highest BCUT2D eigenvalue weighted by atomic mass is 16.5. The van der Waals surface area contributed by atoms with Crippen LogP contribution in [0.15, 0.2) is 42.5 Å². The molecule has 7 heteroatoms. The molecule has 0 saturated carbocycles. The Hall–Kier alpha value is -3.06. The quantitative estimate of drug-likeness (QED) is 0.705. The second kappa shape index (κ2) is 10.1. The summed E-state index contributed by atoms with van der Waals surface area (Å²) in [6, 6.07) is 12.9. The fourth-order valence-electron chi connectivity index (χ4n) is 3.42. The lowest BCUT2D eigenvalue weighted by Gasteiger charge is -2.21. The van der Waals surface area contributed by atoms with Gasteiger partial charge in [-0.3, -0.25) is 9.69 Å². The highest BCUT2D eigenvalue weighted by Crippen LogP contribution is 2.29. The van der Waals surface area contributed by atoms with Gasteiger partial charge < -0.3 is 19.5 Å². The number of hydrogen-bond acceptors (Lipinski definition) is 6. The molecule has 3 rings (SSSR count). The van der Waals surface area contributed by atoms with E-state index in [2.05, 4.69) is 15.0 Å². The first-order valence-electron chi connectivity index (χ1n) is 9.98. The third-order valence-corrected chi connectivity index (χ3v) is 5.03. The second-order valence-electron chi connectivity index (χ2n) is 7.35. The maximum absolute atomic E-state index is 12.3. The van der Waals surface area contributed by atoms with Crippen molar-refractivity contribution in [2.75, 3.05) is 27.3 Å². The van der Waals surface area contributed by atoms with Crippen LogP contribution < -0.4 is 14.8 Å². The lowest BCUT2D eigenvalue weighted by molar-refractivity contribution is -0.121. The molecule has 0 radical (unpaired) electrons. The van der Waals surface area contributed by atoms with Gasteiger partial charge in [0.15, 0.2) is 0 Å². The van der Waals surface area contributed by atoms with Crippen LogP contribution in [0.4, 0.5) is 0 Å². The average molecular weight is 412 g/mol. The zero-order chi connectivity index (χ0) is 21.5. The van der Waals surface area contributed by atoms with E-state index < -0.39 is 0 Å². The third-order valence-electron chi connectivity index (χ3n) is 5.03. The normalized spacial score (nSPS) is 16.0. The van der Waals surface area contributed by atoms with Gasteiger partial charge in [-0.2, -0.15) is 0 Å². The number of benzene rings is 2. The molecule has 0 unspecified atom stereocenters. The van der Waals surface area contributed by atoms with Crippen LogP contribution in [0.1, 0.15) is 34.8 Å². The van der Waals surface area contributed by atoms with Crippen molar-refractivity contribution in [2.45, 2.75) is 32.5 Å². The minimum Gasteiger partial charge on any atom is -0.497 e. The summed E-state index contributed by atoms with van der Waals surface area (Å²) in [5, 5.41) is 2.93. The number of methoxy groups -OCH3 is 2. The van der Waals surface area contributed by atoms with E-state index in [9.17, 15) is 9.59 Å². The van der Waals surface area contributed by atoms with Gasteiger partial charge in [-0.1, -0.05) is 18.2 Å². The van der Waals surface area contributed by atoms with Gasteiger partial charge in [0.25, 0.3) is 0 Å². The summed E-state index contributed by atoms with van der Waals surface area (Å²) in [5.74, 6) is 1.22. The van der Waals surface area contributed by atoms with Crippen molar-refractivity contribution in [3.8, 4) is 11.5 Å². The zero-order valence-electron chi connectivity index (χ0n) is 17.6. The van der Waals surface area contributed by atoms with Gasteiger partial charge in [0, 0.05) is 44.2 Å². The number of hydrogen-bond donors (Lipinski definition) is 1. The van der Waals surface area contributed by atoms with Crippen LogP contribution in [0.5, 0.6) is 11.5 Å². The molecule has 1 atom stereocenters. The summed E-state index contributed by atoms with van der Waals surface area (Å²) in [5.41, 5.74) is 2.50. The molecule has 0 bridgehead atoms. The van der Waals surface area contributed by atoms with E-state index in [4.69, 9.17) is 9.47 Å². The average Bonchev–Trinajstić information content (AvgIpc) is 2.92. The molecule has 7 nitrogen and oxygen atoms in total. The molecule has 0 aromatic heterocycles. The molecular formula is C23H28N2O5. The summed E-state index contributed by atoms with van der Waals surface area (Å²) >= 11 is 0. The van der Waals surface area contributed by atoms with E-state index in [0.29, 0.717) is 25.1 Å². The molecule has 0 aliphatic carbocycles. The smallest absolute Gasteiger partial charge is 0.337 e. The van der Waals surface area contributed by atoms with Gasteiger partial charge in [-0.25, -0.2) is 4.79 Å². The topological polar surface area (TPSA) is 77.1 Å². The van der Waals surface area contributed by atoms with Crippen molar-refractivity contribution in [1.82, 2.24) is 10.2 Å². The number of fused-ring (bicyclic) bond motifs is 1. The second-order valence-corrected chi connectivity index (χ2v) is 7.35. The van der Waals surface area contributed by atoms with Crippen LogP contribution in [0.2, 0.25) is 0 Å². The van der Waals surface area contributed by atoms with Gasteiger partial charge in [-0.15, -0.1) is 0 Å². The summed E-state index contributed by atoms with van der Waals surface area (Å²) in [6.07, 6.45) is 0.424. The summed E-state index contributed by atoms with van der Waals surface area (Å²) in [7, 11) is 2.99. The Labute approximate surface area is 176 Å². The fraction of sp³-hybridized carbons (Fsp3) is 0.391. The standard InChI is InChI=1S/C23H28N2O5/c1-16-14-25(15-19-8-9-20(28-2)12-21(19)30-16)11-10-22(26)24-13-17-4-6-18(7-5-17)23(27)29-3/h4-9,12,16H,10-11,13-15H2,1-3H3,(H,24,26)/t16-/m1/s1. The molecule has 2 aromatic rings. The van der Waals surface area contributed by atoms with E-state index >= 15 is 0 Å². The number of rotatable bonds is 7. The first-order valence-corrected chi connectivity index (χ1v) is 9.98. The van der Waals surface area contributed by atoms with E-state index in [1.165, 1.54) is 7.11 Å². The summed E-state index contributed by atoms with van der Waals surface area (Å²) < 4.78 is 16.0. The van der Waals surface area contributed by atoms with Crippen LogP contribution in [0.25, 0.3) is 0 Å². The SMILES string of the molecule is COC(=O)c1ccc(CNC(=O)CCN2Cc3ccc(OC)cc3O[C@H](C)C2)cc1. The molecule has 0 fully saturated rings. The number of esters is 1. The predicted octanol–water partition coefficient (Wildman–Crippen LogP) is 2.77. The van der Waals surface area contributed by atoms with Crippen molar-refractivity contribution < 1.29 is 23.8 Å². The van der Waals surface area contributed by atoms with E-state index in [-0.39, 0.29) is 18.0 Å². The van der Waals surface area contributed by atoms with Crippen molar-refractivity contribution >= 4 is 11.9 Å². The van der Waals surface area contributed by atoms with Crippen LogP contribution in [0.3, 0.4) is 0 Å². The van der Waals surface area contributed by atoms with Gasteiger partial charge >= 0.3 is 5.97 Å². The van der Waals surface area contributed by atoms with Gasteiger partial charge in [0.05, 0.1) is 19.8 Å². The lowest BCUT2D eigenvalue weighted by atomic mass is 10.1. The first-order chi connectivity index (χ1) is 14.5. The van der Waals surface area contributed by atoms with Crippen LogP contribution >= 0.6 is 0 Å². The van der Waals surface area contributed by atoms with E-state index in [1.807, 2.05) is 37.3 Å². The van der Waals surface area contributed by atoms with Crippen molar-refractivity contribution in [1.29, 1.82) is 0 Å². The molecule has 1 aliphatic heterocycles. The van der Waals surface area contributed by atoms with Crippen molar-refractivity contribution in [2.24, 2.45) is 0 Å². The highest BCUT2D eigenvalue weighted by molar-refractivity contribution is 5.89. The first kappa shape index (κ1) is 21.6. The Morgan fingerprint density at radius 3 is 2.63 bits per heavy atom. The Morgan fingerprint density at radius 2 is 1.93 bits per heavy atom. The Kier molecular flexibility index (Phi) is 7.30. The maximum atomic E-state index is 12.3. The number of carbonyl (C=O) groups is 2. The fourth-order valence-corrected chi connectivity index (χ4v) is 3.42. The Balaban J connectivity index is 1.49. The van der Waals surface area contributed by atoms with Crippen molar-refractivity contribution in [3.63, 3.8) is 0 Å². The molecule has 1 N–H and O–H groups in total. The monoisotopic (exact) mass is 412 g/mol. The number of nitrogens with zero attached hydrogens (tertiary/aromatic N) is 1. The maximum Gasteiger partial charge on any atom is 0.337 e. The van der Waals surface area contributed by atoms with Crippen molar-refractivity contribution in [3.05, 3.63) is 59.2 Å².